The van der Waals surface area contributed by atoms with Crippen LogP contribution >= 0.6 is 11.3 Å². The van der Waals surface area contributed by atoms with Crippen molar-refractivity contribution < 1.29 is 19.8 Å². The second-order valence-corrected chi connectivity index (χ2v) is 8.38. The van der Waals surface area contributed by atoms with Crippen molar-refractivity contribution in [1.82, 2.24) is 14.9 Å². The van der Waals surface area contributed by atoms with Crippen molar-refractivity contribution in [3.8, 4) is 11.3 Å². The maximum atomic E-state index is 12.1. The molecule has 1 aromatic heterocycles. The third-order valence-corrected chi connectivity index (χ3v) is 6.50. The van der Waals surface area contributed by atoms with Gasteiger partial charge in [-0.2, -0.15) is 10.1 Å². The molecule has 5 rings (SSSR count). The Morgan fingerprint density at radius 1 is 1.26 bits per heavy atom. The molecule has 1 aromatic carbocycles. The van der Waals surface area contributed by atoms with Crippen LogP contribution in [0.3, 0.4) is 0 Å². The minimum atomic E-state index is -0.937. The Balaban J connectivity index is 1.65. The van der Waals surface area contributed by atoms with E-state index in [1.165, 1.54) is 11.3 Å². The zero-order chi connectivity index (χ0) is 22.0. The first kappa shape index (κ1) is 21.2. The van der Waals surface area contributed by atoms with E-state index in [9.17, 15) is 19.8 Å². The number of nitrogens with zero attached hydrogens (tertiary/aromatic N) is 5. The Kier molecular flexibility index (Phi) is 6.16. The molecule has 3 saturated heterocycles. The third kappa shape index (κ3) is 4.38. The highest BCUT2D eigenvalue weighted by molar-refractivity contribution is 7.14. The Bertz CT molecular complexity index is 970. The molecule has 4 N–H and O–H groups in total. The predicted octanol–water partition coefficient (Wildman–Crippen LogP) is 1.49. The molecule has 164 valence electrons. The van der Waals surface area contributed by atoms with Gasteiger partial charge in [-0.3, -0.25) is 14.7 Å². The average molecular weight is 445 g/mol. The van der Waals surface area contributed by atoms with Gasteiger partial charge in [0.2, 0.25) is 5.13 Å². The summed E-state index contributed by atoms with van der Waals surface area (Å²) in [5.74, 6) is 3.32. The summed E-state index contributed by atoms with van der Waals surface area (Å²) in [6.45, 7) is 1.61. The van der Waals surface area contributed by atoms with E-state index in [1.807, 2.05) is 39.6 Å². The number of rotatable bonds is 8. The molecular weight excluding hydrogens is 420 g/mol. The maximum absolute atomic E-state index is 12.1. The van der Waals surface area contributed by atoms with Crippen molar-refractivity contribution in [2.24, 2.45) is 10.9 Å². The summed E-state index contributed by atoms with van der Waals surface area (Å²) in [6, 6.07) is 7.62. The van der Waals surface area contributed by atoms with Gasteiger partial charge in [-0.25, -0.2) is 9.78 Å². The molecule has 2 bridgehead atoms. The summed E-state index contributed by atoms with van der Waals surface area (Å²) in [5.41, 5.74) is 2.51. The number of carbonyl (C=O) groups is 2. The summed E-state index contributed by atoms with van der Waals surface area (Å²) in [6.07, 6.45) is 2.31. The monoisotopic (exact) mass is 444 g/mol. The number of hydrazine groups is 1. The molecule has 10 nitrogen and oxygen atoms in total. The highest BCUT2D eigenvalue weighted by Gasteiger charge is 2.47. The normalized spacial score (nSPS) is 23.3. The van der Waals surface area contributed by atoms with E-state index >= 15 is 0 Å². The summed E-state index contributed by atoms with van der Waals surface area (Å²) in [5, 5.41) is 28.7. The minimum Gasteiger partial charge on any atom is -0.481 e. The Labute approximate surface area is 183 Å². The van der Waals surface area contributed by atoms with Gasteiger partial charge < -0.3 is 16.1 Å². The van der Waals surface area contributed by atoms with Crippen LogP contribution in [-0.4, -0.2) is 75.1 Å². The van der Waals surface area contributed by atoms with E-state index in [0.717, 1.165) is 42.8 Å². The smallest absolute Gasteiger partial charge is 0.337 e. The molecule has 1 atom stereocenters. The summed E-state index contributed by atoms with van der Waals surface area (Å²) >= 11 is 1.38. The topological polar surface area (TPSA) is 136 Å². The third-order valence-electron chi connectivity index (χ3n) is 5.65. The average Bonchev–Trinajstić information content (AvgIpc) is 3.25. The lowest BCUT2D eigenvalue weighted by Crippen LogP contribution is -2.70. The minimum absolute atomic E-state index is 0.0436. The lowest BCUT2D eigenvalue weighted by atomic mass is 9.98. The van der Waals surface area contributed by atoms with Crippen molar-refractivity contribution in [2.45, 2.75) is 31.5 Å². The standard InChI is InChI=1S/C20H24N6O4S/c21-22-11-13-1-3-14(4-2-13)16-12-31-20(23-16)25(10-7-17(27)28)26-15-5-8-24(9-6-15)18(26)19(29)30/h1-4,11-12,15,18H,5-10,21H2,(H,27,28)(H,29,30)/b22-11+. The van der Waals surface area contributed by atoms with Gasteiger partial charge in [0.25, 0.3) is 0 Å². The molecule has 31 heavy (non-hydrogen) atoms. The number of benzene rings is 1. The van der Waals surface area contributed by atoms with E-state index in [2.05, 4.69) is 5.10 Å². The van der Waals surface area contributed by atoms with Crippen LogP contribution in [0.5, 0.6) is 0 Å². The molecule has 4 heterocycles. The molecule has 3 aliphatic heterocycles. The van der Waals surface area contributed by atoms with Gasteiger partial charge in [-0.1, -0.05) is 24.3 Å². The van der Waals surface area contributed by atoms with Gasteiger partial charge in [-0.05, 0) is 18.4 Å². The number of anilines is 1. The van der Waals surface area contributed by atoms with Crippen molar-refractivity contribution in [1.29, 1.82) is 0 Å². The van der Waals surface area contributed by atoms with Crippen LogP contribution in [0, 0.1) is 0 Å². The number of piperidine rings is 1. The van der Waals surface area contributed by atoms with Crippen molar-refractivity contribution in [3.05, 3.63) is 35.2 Å². The maximum Gasteiger partial charge on any atom is 0.337 e. The lowest BCUT2D eigenvalue weighted by Gasteiger charge is -2.54. The highest BCUT2D eigenvalue weighted by Crippen LogP contribution is 2.35. The largest absolute Gasteiger partial charge is 0.481 e. The molecule has 0 radical (unpaired) electrons. The van der Waals surface area contributed by atoms with E-state index in [1.54, 1.807) is 11.2 Å². The fourth-order valence-corrected chi connectivity index (χ4v) is 5.08. The predicted molar refractivity (Wildman–Crippen MR) is 117 cm³/mol. The van der Waals surface area contributed by atoms with Gasteiger partial charge in [0.1, 0.15) is 0 Å². The summed E-state index contributed by atoms with van der Waals surface area (Å²) in [7, 11) is 0. The van der Waals surface area contributed by atoms with Gasteiger partial charge in [-0.15, -0.1) is 11.3 Å². The molecule has 1 unspecified atom stereocenters. The fraction of sp³-hybridized carbons (Fsp3) is 0.400. The number of aliphatic carboxylic acids is 2. The second kappa shape index (κ2) is 9.00. The molecule has 2 aromatic rings. The number of carboxylic acids is 2. The fourth-order valence-electron chi connectivity index (χ4n) is 4.21. The number of hydrogen-bond acceptors (Lipinski definition) is 9. The number of hydrazone groups is 1. The van der Waals surface area contributed by atoms with Crippen molar-refractivity contribution in [3.63, 3.8) is 0 Å². The number of carboxylic acid groups (broad SMARTS) is 2. The molecule has 3 aliphatic rings. The van der Waals surface area contributed by atoms with Crippen LogP contribution in [0.4, 0.5) is 5.13 Å². The Morgan fingerprint density at radius 2 is 1.97 bits per heavy atom. The molecular formula is C20H24N6O4S. The molecule has 11 heteroatoms. The molecule has 0 aliphatic carbocycles. The molecule has 3 fully saturated rings. The van der Waals surface area contributed by atoms with Crippen LogP contribution in [-0.2, 0) is 9.59 Å². The zero-order valence-corrected chi connectivity index (χ0v) is 17.6. The van der Waals surface area contributed by atoms with Crippen LogP contribution in [0.15, 0.2) is 34.7 Å². The van der Waals surface area contributed by atoms with Gasteiger partial charge in [0.15, 0.2) is 6.17 Å². The van der Waals surface area contributed by atoms with Crippen molar-refractivity contribution in [2.75, 3.05) is 24.6 Å². The number of hydrogen-bond donors (Lipinski definition) is 3. The highest BCUT2D eigenvalue weighted by atomic mass is 32.1. The second-order valence-electron chi connectivity index (χ2n) is 7.54. The van der Waals surface area contributed by atoms with Crippen molar-refractivity contribution >= 4 is 34.6 Å². The number of aromatic nitrogens is 1. The molecule has 0 saturated carbocycles. The van der Waals surface area contributed by atoms with Gasteiger partial charge >= 0.3 is 11.9 Å². The number of nitrogens with two attached hydrogens (primary N) is 1. The first-order chi connectivity index (χ1) is 15.0. The first-order valence-corrected chi connectivity index (χ1v) is 10.9. The SMILES string of the molecule is N/N=C/c1ccc(-c2csc(N(CCC(=O)O)N3C4CCN(CC4)C3C(=O)O)n2)cc1. The number of thiazole rings is 1. The van der Waals surface area contributed by atoms with E-state index in [0.29, 0.717) is 5.13 Å². The molecule has 0 amide bonds. The van der Waals surface area contributed by atoms with Gasteiger partial charge in [0, 0.05) is 36.6 Å². The lowest BCUT2D eigenvalue weighted by molar-refractivity contribution is -0.166. The zero-order valence-electron chi connectivity index (χ0n) is 16.8. The summed E-state index contributed by atoms with van der Waals surface area (Å²) in [4.78, 5) is 30.0. The Hall–Kier alpha value is -3.02. The quantitative estimate of drug-likeness (QED) is 0.314. The van der Waals surface area contributed by atoms with E-state index < -0.39 is 18.1 Å². The summed E-state index contributed by atoms with van der Waals surface area (Å²) < 4.78 is 0. The van der Waals surface area contributed by atoms with Gasteiger partial charge in [0.05, 0.1) is 18.3 Å². The van der Waals surface area contributed by atoms with Crippen LogP contribution < -0.4 is 10.9 Å². The number of fused-ring (bicyclic) bond motifs is 3. The van der Waals surface area contributed by atoms with E-state index in [-0.39, 0.29) is 19.0 Å². The van der Waals surface area contributed by atoms with Crippen LogP contribution in [0.1, 0.15) is 24.8 Å². The Morgan fingerprint density at radius 3 is 2.58 bits per heavy atom. The first-order valence-electron chi connectivity index (χ1n) is 10.0. The van der Waals surface area contributed by atoms with Crippen LogP contribution in [0.25, 0.3) is 11.3 Å². The van der Waals surface area contributed by atoms with Crippen LogP contribution in [0.2, 0.25) is 0 Å². The van der Waals surface area contributed by atoms with E-state index in [4.69, 9.17) is 10.8 Å². The molecule has 0 spiro atoms.